The predicted molar refractivity (Wildman–Crippen MR) is 116 cm³/mol. The Labute approximate surface area is 179 Å². The number of esters is 1. The number of allylic oxidation sites excluding steroid dienone is 1. The number of ether oxygens (including phenoxy) is 2. The highest BCUT2D eigenvalue weighted by atomic mass is 32.2. The van der Waals surface area contributed by atoms with Crippen LogP contribution in [-0.4, -0.2) is 34.3 Å². The van der Waals surface area contributed by atoms with E-state index in [1.165, 1.54) is 18.9 Å². The Balaban J connectivity index is 1.63. The number of methoxy groups -OCH3 is 1. The Morgan fingerprint density at radius 3 is 2.50 bits per heavy atom. The number of aliphatic imine (C=N–C) groups is 1. The van der Waals surface area contributed by atoms with Crippen LogP contribution in [0.4, 0.5) is 0 Å². The van der Waals surface area contributed by atoms with Crippen LogP contribution >= 0.6 is 11.8 Å². The monoisotopic (exact) mass is 422 g/mol. The molecule has 0 radical (unpaired) electrons. The first-order chi connectivity index (χ1) is 14.5. The first-order valence-corrected chi connectivity index (χ1v) is 10.5. The maximum Gasteiger partial charge on any atom is 0.338 e. The maximum absolute atomic E-state index is 12.8. The first-order valence-electron chi connectivity index (χ1n) is 9.63. The van der Waals surface area contributed by atoms with Gasteiger partial charge in [-0.05, 0) is 37.1 Å². The molecule has 4 rings (SSSR count). The molecule has 0 aliphatic carbocycles. The van der Waals surface area contributed by atoms with E-state index in [0.29, 0.717) is 28.8 Å². The lowest BCUT2D eigenvalue weighted by molar-refractivity contribution is -0.137. The van der Waals surface area contributed by atoms with E-state index in [2.05, 4.69) is 4.99 Å². The second kappa shape index (κ2) is 8.36. The van der Waals surface area contributed by atoms with Gasteiger partial charge in [-0.2, -0.15) is 0 Å². The molecule has 1 fully saturated rings. The fourth-order valence-corrected chi connectivity index (χ4v) is 4.61. The third-order valence-electron chi connectivity index (χ3n) is 5.11. The highest BCUT2D eigenvalue weighted by Crippen LogP contribution is 2.43. The summed E-state index contributed by atoms with van der Waals surface area (Å²) in [5.74, 6) is 0.159. The van der Waals surface area contributed by atoms with Crippen LogP contribution in [0.1, 0.15) is 31.0 Å². The molecule has 30 heavy (non-hydrogen) atoms. The van der Waals surface area contributed by atoms with Gasteiger partial charge in [-0.25, -0.2) is 9.79 Å². The van der Waals surface area contributed by atoms with E-state index in [1.807, 2.05) is 61.5 Å². The van der Waals surface area contributed by atoms with E-state index in [1.54, 1.807) is 11.8 Å². The summed E-state index contributed by atoms with van der Waals surface area (Å²) in [5.41, 5.74) is 2.83. The SMILES string of the molecule is COC(=O)C1=C(C)N=C2S[C@H](C)C(=O)N2[C@@H]1c1ccc(OCc2ccccc2)cc1. The lowest BCUT2D eigenvalue weighted by Gasteiger charge is -2.32. The molecule has 2 aliphatic heterocycles. The van der Waals surface area contributed by atoms with Gasteiger partial charge in [0.05, 0.1) is 29.7 Å². The van der Waals surface area contributed by atoms with Gasteiger partial charge in [0.25, 0.3) is 0 Å². The Hall–Kier alpha value is -3.06. The third kappa shape index (κ3) is 3.73. The zero-order chi connectivity index (χ0) is 21.3. The van der Waals surface area contributed by atoms with Crippen molar-refractivity contribution in [1.29, 1.82) is 0 Å². The quantitative estimate of drug-likeness (QED) is 0.679. The molecule has 0 saturated carbocycles. The number of rotatable bonds is 5. The van der Waals surface area contributed by atoms with E-state index in [9.17, 15) is 9.59 Å². The molecule has 0 aromatic heterocycles. The van der Waals surface area contributed by atoms with Crippen LogP contribution < -0.4 is 4.74 Å². The van der Waals surface area contributed by atoms with Gasteiger partial charge >= 0.3 is 5.97 Å². The summed E-state index contributed by atoms with van der Waals surface area (Å²) in [6, 6.07) is 16.8. The average Bonchev–Trinajstić information content (AvgIpc) is 3.05. The van der Waals surface area contributed by atoms with Crippen molar-refractivity contribution in [2.24, 2.45) is 4.99 Å². The molecule has 0 unspecified atom stereocenters. The number of amidine groups is 1. The van der Waals surface area contributed by atoms with Crippen molar-refractivity contribution in [3.05, 3.63) is 77.0 Å². The fraction of sp³-hybridized carbons (Fsp3) is 0.261. The van der Waals surface area contributed by atoms with Crippen molar-refractivity contribution in [3.63, 3.8) is 0 Å². The molecule has 1 saturated heterocycles. The summed E-state index contributed by atoms with van der Waals surface area (Å²) in [4.78, 5) is 31.5. The van der Waals surface area contributed by atoms with Crippen LogP contribution in [0.25, 0.3) is 0 Å². The Morgan fingerprint density at radius 1 is 1.13 bits per heavy atom. The summed E-state index contributed by atoms with van der Waals surface area (Å²) in [6.07, 6.45) is 0. The minimum atomic E-state index is -0.571. The van der Waals surface area contributed by atoms with Gasteiger partial charge in [0.15, 0.2) is 5.17 Å². The van der Waals surface area contributed by atoms with Crippen LogP contribution in [0.5, 0.6) is 5.75 Å². The maximum atomic E-state index is 12.8. The molecule has 2 aromatic carbocycles. The normalized spacial score (nSPS) is 20.7. The lowest BCUT2D eigenvalue weighted by Crippen LogP contribution is -2.40. The number of nitrogens with zero attached hydrogens (tertiary/aromatic N) is 2. The van der Waals surface area contributed by atoms with Gasteiger partial charge in [0, 0.05) is 0 Å². The number of carbonyl (C=O) groups is 2. The van der Waals surface area contributed by atoms with Crippen LogP contribution in [0, 0.1) is 0 Å². The van der Waals surface area contributed by atoms with Gasteiger partial charge in [-0.15, -0.1) is 0 Å². The van der Waals surface area contributed by atoms with Crippen molar-refractivity contribution in [2.45, 2.75) is 31.7 Å². The third-order valence-corrected chi connectivity index (χ3v) is 6.16. The second-order valence-electron chi connectivity index (χ2n) is 7.10. The highest BCUT2D eigenvalue weighted by Gasteiger charge is 2.46. The average molecular weight is 423 g/mol. The smallest absolute Gasteiger partial charge is 0.338 e. The lowest BCUT2D eigenvalue weighted by atomic mass is 9.94. The van der Waals surface area contributed by atoms with Crippen molar-refractivity contribution >= 4 is 28.8 Å². The van der Waals surface area contributed by atoms with Crippen molar-refractivity contribution in [2.75, 3.05) is 7.11 Å². The number of benzene rings is 2. The van der Waals surface area contributed by atoms with Gasteiger partial charge in [0.1, 0.15) is 12.4 Å². The molecule has 0 spiro atoms. The topological polar surface area (TPSA) is 68.2 Å². The molecule has 2 aromatic rings. The van der Waals surface area contributed by atoms with Crippen LogP contribution in [-0.2, 0) is 20.9 Å². The number of hydrogen-bond acceptors (Lipinski definition) is 6. The molecule has 2 heterocycles. The van der Waals surface area contributed by atoms with E-state index >= 15 is 0 Å². The number of thioether (sulfide) groups is 1. The largest absolute Gasteiger partial charge is 0.489 e. The van der Waals surface area contributed by atoms with Crippen molar-refractivity contribution in [3.8, 4) is 5.75 Å². The van der Waals surface area contributed by atoms with E-state index < -0.39 is 12.0 Å². The Bertz CT molecular complexity index is 1030. The molecule has 154 valence electrons. The molecule has 2 aliphatic rings. The van der Waals surface area contributed by atoms with Crippen LogP contribution in [0.15, 0.2) is 70.9 Å². The molecule has 2 atom stereocenters. The Kier molecular flexibility index (Phi) is 5.63. The highest BCUT2D eigenvalue weighted by molar-refractivity contribution is 8.15. The van der Waals surface area contributed by atoms with Crippen LogP contribution in [0.3, 0.4) is 0 Å². The minimum absolute atomic E-state index is 0.0675. The van der Waals surface area contributed by atoms with Crippen LogP contribution in [0.2, 0.25) is 0 Å². The van der Waals surface area contributed by atoms with Gasteiger partial charge in [-0.3, -0.25) is 9.69 Å². The summed E-state index contributed by atoms with van der Waals surface area (Å²) < 4.78 is 10.9. The summed E-state index contributed by atoms with van der Waals surface area (Å²) in [6.45, 7) is 4.08. The second-order valence-corrected chi connectivity index (χ2v) is 8.41. The molecular weight excluding hydrogens is 400 g/mol. The first kappa shape index (κ1) is 20.2. The molecular formula is C23H22N2O4S. The summed E-state index contributed by atoms with van der Waals surface area (Å²) in [5, 5.41) is 0.372. The van der Waals surface area contributed by atoms with E-state index in [4.69, 9.17) is 9.47 Å². The zero-order valence-corrected chi connectivity index (χ0v) is 17.8. The number of fused-ring (bicyclic) bond motifs is 1. The summed E-state index contributed by atoms with van der Waals surface area (Å²) in [7, 11) is 1.34. The number of amides is 1. The number of carbonyl (C=O) groups excluding carboxylic acids is 2. The molecule has 7 heteroatoms. The van der Waals surface area contributed by atoms with Gasteiger partial charge in [-0.1, -0.05) is 54.2 Å². The number of hydrogen-bond donors (Lipinski definition) is 0. The summed E-state index contributed by atoms with van der Waals surface area (Å²) >= 11 is 1.41. The van der Waals surface area contributed by atoms with Gasteiger partial charge in [0.2, 0.25) is 5.91 Å². The standard InChI is InChI=1S/C23H22N2O4S/c1-14-19(22(27)28-3)20(25-21(26)15(2)30-23(25)24-14)17-9-11-18(12-10-17)29-13-16-7-5-4-6-8-16/h4-12,15,20H,13H2,1-3H3/t15-,20-/m1/s1. The van der Waals surface area contributed by atoms with Crippen molar-refractivity contribution in [1.82, 2.24) is 4.90 Å². The van der Waals surface area contributed by atoms with E-state index in [-0.39, 0.29) is 11.2 Å². The molecule has 6 nitrogen and oxygen atoms in total. The zero-order valence-electron chi connectivity index (χ0n) is 17.0. The van der Waals surface area contributed by atoms with E-state index in [0.717, 1.165) is 11.1 Å². The van der Waals surface area contributed by atoms with Crippen molar-refractivity contribution < 1.29 is 19.1 Å². The molecule has 0 N–H and O–H groups in total. The van der Waals surface area contributed by atoms with Gasteiger partial charge < -0.3 is 9.47 Å². The fourth-order valence-electron chi connectivity index (χ4n) is 3.58. The molecule has 1 amide bonds. The predicted octanol–water partition coefficient (Wildman–Crippen LogP) is 4.09. The Morgan fingerprint density at radius 2 is 1.83 bits per heavy atom. The molecule has 0 bridgehead atoms. The minimum Gasteiger partial charge on any atom is -0.489 e.